The summed E-state index contributed by atoms with van der Waals surface area (Å²) in [6, 6.07) is 5.54. The Morgan fingerprint density at radius 2 is 2.05 bits per heavy atom. The fourth-order valence-corrected chi connectivity index (χ4v) is 4.47. The highest BCUT2D eigenvalue weighted by molar-refractivity contribution is 8.03. The van der Waals surface area contributed by atoms with Crippen molar-refractivity contribution in [1.82, 2.24) is 10.2 Å². The summed E-state index contributed by atoms with van der Waals surface area (Å²) in [4.78, 5) is 11.9. The first-order valence-electron chi connectivity index (χ1n) is 6.23. The molecule has 8 heteroatoms. The Morgan fingerprint density at radius 3 is 2.71 bits per heavy atom. The van der Waals surface area contributed by atoms with Crippen molar-refractivity contribution in [2.45, 2.75) is 22.5 Å². The minimum absolute atomic E-state index is 0.106. The second kappa shape index (κ2) is 8.03. The molecule has 0 aliphatic carbocycles. The molecule has 1 amide bonds. The zero-order valence-corrected chi connectivity index (χ0v) is 14.8. The predicted octanol–water partition coefficient (Wildman–Crippen LogP) is 4.34. The number of anilines is 1. The molecule has 0 fully saturated rings. The van der Waals surface area contributed by atoms with E-state index in [0.29, 0.717) is 10.7 Å². The Hall–Kier alpha value is -0.760. The molecule has 21 heavy (non-hydrogen) atoms. The number of aromatic nitrogens is 2. The smallest absolute Gasteiger partial charge is 0.234 e. The number of carbonyl (C=O) groups is 1. The molecule has 1 aromatic carbocycles. The van der Waals surface area contributed by atoms with Gasteiger partial charge in [-0.3, -0.25) is 4.79 Å². The lowest BCUT2D eigenvalue weighted by atomic mass is 10.2. The normalized spacial score (nSPS) is 10.6. The van der Waals surface area contributed by atoms with Crippen molar-refractivity contribution in [3.05, 3.63) is 28.8 Å². The molecule has 112 valence electrons. The largest absolute Gasteiger partial charge is 0.324 e. The van der Waals surface area contributed by atoms with Crippen molar-refractivity contribution in [2.75, 3.05) is 16.8 Å². The third kappa shape index (κ3) is 5.18. The number of hydrogen-bond donors (Lipinski definition) is 1. The van der Waals surface area contributed by atoms with E-state index in [-0.39, 0.29) is 11.7 Å². The van der Waals surface area contributed by atoms with Gasteiger partial charge in [-0.25, -0.2) is 0 Å². The molecular weight excluding hydrogens is 346 g/mol. The van der Waals surface area contributed by atoms with Crippen molar-refractivity contribution in [2.24, 2.45) is 0 Å². The zero-order valence-electron chi connectivity index (χ0n) is 11.6. The van der Waals surface area contributed by atoms with Gasteiger partial charge in [-0.2, -0.15) is 0 Å². The van der Waals surface area contributed by atoms with Crippen molar-refractivity contribution in [1.29, 1.82) is 0 Å². The third-order valence-corrected chi connectivity index (χ3v) is 5.77. The second-order valence-corrected chi connectivity index (χ2v) is 8.21. The number of thioether (sulfide) groups is 2. The van der Waals surface area contributed by atoms with E-state index in [1.54, 1.807) is 17.8 Å². The molecule has 0 saturated heterocycles. The van der Waals surface area contributed by atoms with Crippen LogP contribution in [-0.2, 0) is 4.79 Å². The molecule has 2 aromatic rings. The summed E-state index contributed by atoms with van der Waals surface area (Å²) in [6.07, 6.45) is 0. The number of halogens is 1. The first-order chi connectivity index (χ1) is 10.1. The zero-order chi connectivity index (χ0) is 15.2. The molecular formula is C13H14ClN3OS3. The van der Waals surface area contributed by atoms with E-state index in [1.807, 2.05) is 19.1 Å². The second-order valence-electron chi connectivity index (χ2n) is 4.09. The number of benzene rings is 1. The molecule has 4 nitrogen and oxygen atoms in total. The van der Waals surface area contributed by atoms with Crippen LogP contribution in [0, 0.1) is 6.92 Å². The quantitative estimate of drug-likeness (QED) is 0.777. The lowest BCUT2D eigenvalue weighted by Crippen LogP contribution is -2.14. The molecule has 1 aromatic heterocycles. The highest BCUT2D eigenvalue weighted by Crippen LogP contribution is 2.29. The van der Waals surface area contributed by atoms with Gasteiger partial charge in [0.15, 0.2) is 8.68 Å². The van der Waals surface area contributed by atoms with Crippen LogP contribution >= 0.6 is 46.5 Å². The van der Waals surface area contributed by atoms with Gasteiger partial charge < -0.3 is 5.32 Å². The van der Waals surface area contributed by atoms with Crippen molar-refractivity contribution in [3.63, 3.8) is 0 Å². The number of rotatable bonds is 6. The maximum Gasteiger partial charge on any atom is 0.234 e. The van der Waals surface area contributed by atoms with Gasteiger partial charge in [0.25, 0.3) is 0 Å². The van der Waals surface area contributed by atoms with E-state index in [1.165, 1.54) is 23.1 Å². The molecule has 0 bridgehead atoms. The Kier molecular flexibility index (Phi) is 6.35. The third-order valence-electron chi connectivity index (χ3n) is 2.38. The Labute approximate surface area is 141 Å². The Balaban J connectivity index is 1.86. The summed E-state index contributed by atoms with van der Waals surface area (Å²) in [5, 5.41) is 11.4. The molecule has 1 N–H and O–H groups in total. The van der Waals surface area contributed by atoms with Crippen molar-refractivity contribution < 1.29 is 4.79 Å². The number of carbonyl (C=O) groups excluding carboxylic acids is 1. The van der Waals surface area contributed by atoms with Crippen LogP contribution in [0.15, 0.2) is 26.9 Å². The van der Waals surface area contributed by atoms with Crippen LogP contribution in [0.2, 0.25) is 5.02 Å². The number of nitrogens with one attached hydrogen (secondary N) is 1. The van der Waals surface area contributed by atoms with E-state index in [2.05, 4.69) is 22.4 Å². The van der Waals surface area contributed by atoms with Crippen molar-refractivity contribution >= 4 is 58.1 Å². The summed E-state index contributed by atoms with van der Waals surface area (Å²) in [7, 11) is 0. The SMILES string of the molecule is CCSc1nnc(SCC(=O)Nc2ccc(C)cc2Cl)s1. The fraction of sp³-hybridized carbons (Fsp3) is 0.308. The molecule has 0 saturated carbocycles. The lowest BCUT2D eigenvalue weighted by molar-refractivity contribution is -0.113. The van der Waals surface area contributed by atoms with Gasteiger partial charge in [0, 0.05) is 0 Å². The first kappa shape index (κ1) is 16.6. The Morgan fingerprint density at radius 1 is 1.33 bits per heavy atom. The van der Waals surface area contributed by atoms with E-state index in [0.717, 1.165) is 20.0 Å². The molecule has 0 aliphatic heterocycles. The number of aryl methyl sites for hydroxylation is 1. The van der Waals surface area contributed by atoms with Gasteiger partial charge in [0.1, 0.15) is 0 Å². The lowest BCUT2D eigenvalue weighted by Gasteiger charge is -2.07. The van der Waals surface area contributed by atoms with Crippen LogP contribution in [0.5, 0.6) is 0 Å². The van der Waals surface area contributed by atoms with Gasteiger partial charge in [-0.05, 0) is 30.4 Å². The topological polar surface area (TPSA) is 54.9 Å². The average molecular weight is 360 g/mol. The predicted molar refractivity (Wildman–Crippen MR) is 91.8 cm³/mol. The maximum absolute atomic E-state index is 11.9. The summed E-state index contributed by atoms with van der Waals surface area (Å²) >= 11 is 10.6. The Bertz CT molecular complexity index is 633. The molecule has 0 spiro atoms. The van der Waals surface area contributed by atoms with Gasteiger partial charge in [0.05, 0.1) is 16.5 Å². The standard InChI is InChI=1S/C13H14ClN3OS3/c1-3-19-12-16-17-13(21-12)20-7-11(18)15-10-5-4-8(2)6-9(10)14/h4-6H,3,7H2,1-2H3,(H,15,18). The molecule has 1 heterocycles. The van der Waals surface area contributed by atoms with Crippen LogP contribution < -0.4 is 5.32 Å². The van der Waals surface area contributed by atoms with Crippen LogP contribution in [0.25, 0.3) is 0 Å². The van der Waals surface area contributed by atoms with E-state index >= 15 is 0 Å². The van der Waals surface area contributed by atoms with E-state index in [9.17, 15) is 4.79 Å². The molecule has 0 atom stereocenters. The van der Waals surface area contributed by atoms with Gasteiger partial charge in [-0.1, -0.05) is 59.5 Å². The van der Waals surface area contributed by atoms with Crippen LogP contribution in [0.3, 0.4) is 0 Å². The van der Waals surface area contributed by atoms with E-state index < -0.39 is 0 Å². The molecule has 0 unspecified atom stereocenters. The maximum atomic E-state index is 11.9. The van der Waals surface area contributed by atoms with E-state index in [4.69, 9.17) is 11.6 Å². The highest BCUT2D eigenvalue weighted by atomic mass is 35.5. The summed E-state index contributed by atoms with van der Waals surface area (Å²) in [5.41, 5.74) is 1.69. The minimum Gasteiger partial charge on any atom is -0.324 e. The van der Waals surface area contributed by atoms with Gasteiger partial charge >= 0.3 is 0 Å². The summed E-state index contributed by atoms with van der Waals surface area (Å²) in [5.74, 6) is 1.15. The molecule has 0 aliphatic rings. The number of nitrogens with zero attached hydrogens (tertiary/aromatic N) is 2. The first-order valence-corrected chi connectivity index (χ1v) is 9.40. The van der Waals surface area contributed by atoms with Crippen LogP contribution in [-0.4, -0.2) is 27.6 Å². The number of amides is 1. The highest BCUT2D eigenvalue weighted by Gasteiger charge is 2.10. The molecule has 0 radical (unpaired) electrons. The fourth-order valence-electron chi connectivity index (χ4n) is 1.47. The number of hydrogen-bond acceptors (Lipinski definition) is 6. The van der Waals surface area contributed by atoms with Crippen molar-refractivity contribution in [3.8, 4) is 0 Å². The average Bonchev–Trinajstić information content (AvgIpc) is 2.88. The van der Waals surface area contributed by atoms with Gasteiger partial charge in [-0.15, -0.1) is 10.2 Å². The summed E-state index contributed by atoms with van der Waals surface area (Å²) in [6.45, 7) is 4.02. The van der Waals surface area contributed by atoms with Crippen LogP contribution in [0.4, 0.5) is 5.69 Å². The minimum atomic E-state index is -0.106. The monoisotopic (exact) mass is 359 g/mol. The van der Waals surface area contributed by atoms with Crippen LogP contribution in [0.1, 0.15) is 12.5 Å². The summed E-state index contributed by atoms with van der Waals surface area (Å²) < 4.78 is 1.73. The molecule has 2 rings (SSSR count). The van der Waals surface area contributed by atoms with Gasteiger partial charge in [0.2, 0.25) is 5.91 Å².